The maximum absolute atomic E-state index is 13.2. The lowest BCUT2D eigenvalue weighted by atomic mass is 10.1. The first kappa shape index (κ1) is 20.1. The number of methoxy groups -OCH3 is 1. The summed E-state index contributed by atoms with van der Waals surface area (Å²) in [5, 5.41) is 0. The molecule has 2 aromatic carbocycles. The number of alkyl halides is 3. The van der Waals surface area contributed by atoms with Gasteiger partial charge in [0.25, 0.3) is 0 Å². The second-order valence-corrected chi connectivity index (χ2v) is 7.07. The fraction of sp³-hybridized carbons (Fsp3) is 0.333. The van der Waals surface area contributed by atoms with Gasteiger partial charge in [-0.3, -0.25) is 4.79 Å². The van der Waals surface area contributed by atoms with Gasteiger partial charge in [0, 0.05) is 33.1 Å². The first-order chi connectivity index (χ1) is 14.3. The second-order valence-electron chi connectivity index (χ2n) is 7.07. The molecule has 1 amide bonds. The smallest absolute Gasteiger partial charge is 0.416 e. The van der Waals surface area contributed by atoms with E-state index in [-0.39, 0.29) is 17.3 Å². The van der Waals surface area contributed by atoms with Crippen molar-refractivity contribution in [3.8, 4) is 17.2 Å². The van der Waals surface area contributed by atoms with E-state index in [4.69, 9.17) is 9.47 Å². The summed E-state index contributed by atoms with van der Waals surface area (Å²) in [4.78, 5) is 19.9. The molecule has 158 valence electrons. The third-order valence-corrected chi connectivity index (χ3v) is 5.18. The number of rotatable bonds is 1. The lowest BCUT2D eigenvalue weighted by Crippen LogP contribution is -2.50. The number of hydrogen-bond donors (Lipinski definition) is 0. The van der Waals surface area contributed by atoms with Crippen molar-refractivity contribution in [3.05, 3.63) is 47.5 Å². The number of carbonyl (C=O) groups excluding carboxylic acids is 1. The van der Waals surface area contributed by atoms with Crippen molar-refractivity contribution in [2.24, 2.45) is 4.99 Å². The van der Waals surface area contributed by atoms with Gasteiger partial charge in [-0.05, 0) is 36.4 Å². The van der Waals surface area contributed by atoms with E-state index in [0.29, 0.717) is 49.1 Å². The first-order valence-corrected chi connectivity index (χ1v) is 9.43. The third kappa shape index (κ3) is 3.79. The maximum atomic E-state index is 13.2. The summed E-state index contributed by atoms with van der Waals surface area (Å²) in [6.07, 6.45) is -4.49. The summed E-state index contributed by atoms with van der Waals surface area (Å²) >= 11 is 0. The van der Waals surface area contributed by atoms with Gasteiger partial charge in [0.15, 0.2) is 5.75 Å². The van der Waals surface area contributed by atoms with Crippen molar-refractivity contribution in [2.75, 3.05) is 33.3 Å². The molecule has 0 saturated carbocycles. The van der Waals surface area contributed by atoms with E-state index in [9.17, 15) is 18.0 Å². The van der Waals surface area contributed by atoms with Crippen molar-refractivity contribution in [1.29, 1.82) is 0 Å². The van der Waals surface area contributed by atoms with Crippen LogP contribution in [0.1, 0.15) is 18.1 Å². The zero-order valence-corrected chi connectivity index (χ0v) is 16.5. The largest absolute Gasteiger partial charge is 0.497 e. The highest BCUT2D eigenvalue weighted by Gasteiger charge is 2.33. The number of carbonyl (C=O) groups is 1. The Balaban J connectivity index is 1.80. The molecule has 0 N–H and O–H groups in total. The fourth-order valence-corrected chi connectivity index (χ4v) is 3.53. The number of halogens is 3. The molecule has 0 radical (unpaired) electrons. The number of amides is 1. The van der Waals surface area contributed by atoms with Crippen LogP contribution in [0.2, 0.25) is 0 Å². The van der Waals surface area contributed by atoms with Gasteiger partial charge in [-0.1, -0.05) is 0 Å². The highest BCUT2D eigenvalue weighted by atomic mass is 19.4. The Morgan fingerprint density at radius 2 is 1.77 bits per heavy atom. The molecule has 9 heteroatoms. The Morgan fingerprint density at radius 3 is 2.40 bits per heavy atom. The molecule has 1 fully saturated rings. The summed E-state index contributed by atoms with van der Waals surface area (Å²) in [5.41, 5.74) is -0.0720. The second kappa shape index (κ2) is 7.55. The van der Waals surface area contributed by atoms with Crippen molar-refractivity contribution in [2.45, 2.75) is 13.1 Å². The maximum Gasteiger partial charge on any atom is 0.416 e. The molecule has 6 nitrogen and oxygen atoms in total. The molecular weight excluding hydrogens is 399 g/mol. The molecule has 0 aliphatic carbocycles. The Kier molecular flexibility index (Phi) is 5.05. The Morgan fingerprint density at radius 1 is 1.07 bits per heavy atom. The van der Waals surface area contributed by atoms with Gasteiger partial charge in [-0.15, -0.1) is 0 Å². The Labute approximate surface area is 171 Å². The molecule has 2 aliphatic heterocycles. The molecule has 0 aromatic heterocycles. The molecule has 0 spiro atoms. The van der Waals surface area contributed by atoms with Gasteiger partial charge in [0.05, 0.1) is 18.2 Å². The highest BCUT2D eigenvalue weighted by molar-refractivity contribution is 6.04. The number of fused-ring (bicyclic) bond motifs is 2. The van der Waals surface area contributed by atoms with Crippen LogP contribution < -0.4 is 9.47 Å². The van der Waals surface area contributed by atoms with Crippen molar-refractivity contribution < 1.29 is 27.4 Å². The number of nitrogens with zero attached hydrogens (tertiary/aromatic N) is 3. The lowest BCUT2D eigenvalue weighted by Gasteiger charge is -2.36. The van der Waals surface area contributed by atoms with E-state index in [2.05, 4.69) is 4.99 Å². The zero-order valence-electron chi connectivity index (χ0n) is 16.5. The van der Waals surface area contributed by atoms with Gasteiger partial charge in [-0.25, -0.2) is 4.99 Å². The van der Waals surface area contributed by atoms with Crippen LogP contribution >= 0.6 is 0 Å². The summed E-state index contributed by atoms with van der Waals surface area (Å²) < 4.78 is 51.0. The minimum absolute atomic E-state index is 0.0111. The standard InChI is InChI=1S/C21H20F3N3O3/c1-13(28)26-7-9-27(10-8-26)20-16-12-15(29-2)4-6-18(16)30-19-5-3-14(21(22,23)24)11-17(19)25-20/h3-6,11-12H,7-10H2,1-2H3. The van der Waals surface area contributed by atoms with Crippen LogP contribution in [-0.2, 0) is 11.0 Å². The average Bonchev–Trinajstić information content (AvgIpc) is 2.88. The quantitative estimate of drug-likeness (QED) is 0.700. The predicted molar refractivity (Wildman–Crippen MR) is 105 cm³/mol. The van der Waals surface area contributed by atoms with Crippen LogP contribution in [0.4, 0.5) is 18.9 Å². The number of aliphatic imine (C=N–C) groups is 1. The van der Waals surface area contributed by atoms with Crippen LogP contribution in [-0.4, -0.2) is 54.8 Å². The van der Waals surface area contributed by atoms with Crippen LogP contribution in [0, 0.1) is 0 Å². The SMILES string of the molecule is COc1ccc2c(c1)C(N1CCN(C(C)=O)CC1)=Nc1cc(C(F)(F)F)ccc1O2. The lowest BCUT2D eigenvalue weighted by molar-refractivity contribution is -0.137. The molecular formula is C21H20F3N3O3. The first-order valence-electron chi connectivity index (χ1n) is 9.43. The minimum atomic E-state index is -4.49. The molecule has 2 heterocycles. The number of hydrogen-bond acceptors (Lipinski definition) is 5. The molecule has 4 rings (SSSR count). The fourth-order valence-electron chi connectivity index (χ4n) is 3.53. The zero-order chi connectivity index (χ0) is 21.5. The van der Waals surface area contributed by atoms with Gasteiger partial charge >= 0.3 is 6.18 Å². The summed E-state index contributed by atoms with van der Waals surface area (Å²) in [6.45, 7) is 3.53. The topological polar surface area (TPSA) is 54.4 Å². The van der Waals surface area contributed by atoms with E-state index in [1.165, 1.54) is 20.1 Å². The van der Waals surface area contributed by atoms with Crippen LogP contribution in [0.5, 0.6) is 17.2 Å². The van der Waals surface area contributed by atoms with E-state index >= 15 is 0 Å². The van der Waals surface area contributed by atoms with Crippen LogP contribution in [0.3, 0.4) is 0 Å². The minimum Gasteiger partial charge on any atom is -0.497 e. The molecule has 30 heavy (non-hydrogen) atoms. The van der Waals surface area contributed by atoms with Crippen molar-refractivity contribution >= 4 is 17.4 Å². The molecule has 0 unspecified atom stereocenters. The summed E-state index contributed by atoms with van der Waals surface area (Å²) in [5.74, 6) is 1.77. The summed E-state index contributed by atoms with van der Waals surface area (Å²) in [6, 6.07) is 8.44. The van der Waals surface area contributed by atoms with Crippen molar-refractivity contribution in [1.82, 2.24) is 9.80 Å². The van der Waals surface area contributed by atoms with Gasteiger partial charge < -0.3 is 19.3 Å². The number of piperazine rings is 1. The molecule has 2 aromatic rings. The highest BCUT2D eigenvalue weighted by Crippen LogP contribution is 2.42. The van der Waals surface area contributed by atoms with Gasteiger partial charge in [0.1, 0.15) is 23.0 Å². The van der Waals surface area contributed by atoms with Crippen molar-refractivity contribution in [3.63, 3.8) is 0 Å². The number of ether oxygens (including phenoxy) is 2. The monoisotopic (exact) mass is 419 g/mol. The van der Waals surface area contributed by atoms with Crippen LogP contribution in [0.25, 0.3) is 0 Å². The Bertz CT molecular complexity index is 1010. The van der Waals surface area contributed by atoms with E-state index in [1.807, 2.05) is 4.90 Å². The van der Waals surface area contributed by atoms with E-state index < -0.39 is 11.7 Å². The molecule has 0 atom stereocenters. The number of amidine groups is 1. The molecule has 0 bridgehead atoms. The number of benzene rings is 2. The van der Waals surface area contributed by atoms with Crippen LogP contribution in [0.15, 0.2) is 41.4 Å². The molecule has 1 saturated heterocycles. The summed E-state index contributed by atoms with van der Waals surface area (Å²) in [7, 11) is 1.53. The molecule has 2 aliphatic rings. The predicted octanol–water partition coefficient (Wildman–Crippen LogP) is 4.06. The Hall–Kier alpha value is -3.23. The average molecular weight is 419 g/mol. The van der Waals surface area contributed by atoms with Gasteiger partial charge in [-0.2, -0.15) is 13.2 Å². The van der Waals surface area contributed by atoms with E-state index in [1.54, 1.807) is 23.1 Å². The normalized spacial score (nSPS) is 16.1. The van der Waals surface area contributed by atoms with Gasteiger partial charge in [0.2, 0.25) is 5.91 Å². The third-order valence-electron chi connectivity index (χ3n) is 5.18. The van der Waals surface area contributed by atoms with E-state index in [0.717, 1.165) is 12.1 Å².